The third-order valence-corrected chi connectivity index (χ3v) is 8.41. The Bertz CT molecular complexity index is 1780. The first-order valence-corrected chi connectivity index (χ1v) is 14.8. The molecule has 0 amide bonds. The molecule has 4 aromatic rings. The standard InChI is InChI=1S/C30H23Br2FN2O4S/c1-3-38-29(37)25-17(2)34-30-35(26(25)20-7-5-4-6-8-20)28(36)24(40-30)15-19-13-22(31)27(23(32)14-19)39-16-18-9-11-21(33)12-10-18/h4-15,26H,3,16H2,1-2H3/b24-15+/t26-/m0/s1. The molecular weight excluding hydrogens is 663 g/mol. The van der Waals surface area contributed by atoms with Crippen LogP contribution in [-0.2, 0) is 16.1 Å². The van der Waals surface area contributed by atoms with Gasteiger partial charge in [-0.25, -0.2) is 14.2 Å². The number of esters is 1. The third-order valence-electron chi connectivity index (χ3n) is 6.25. The summed E-state index contributed by atoms with van der Waals surface area (Å²) in [6.45, 7) is 3.99. The first kappa shape index (κ1) is 28.2. The quantitative estimate of drug-likeness (QED) is 0.223. The van der Waals surface area contributed by atoms with Crippen LogP contribution in [-0.4, -0.2) is 17.1 Å². The largest absolute Gasteiger partial charge is 0.487 e. The highest BCUT2D eigenvalue weighted by Gasteiger charge is 2.33. The molecule has 0 fully saturated rings. The number of thiazole rings is 1. The van der Waals surface area contributed by atoms with Gasteiger partial charge in [-0.15, -0.1) is 0 Å². The summed E-state index contributed by atoms with van der Waals surface area (Å²) in [5.41, 5.74) is 3.00. The highest BCUT2D eigenvalue weighted by atomic mass is 79.9. The predicted octanol–water partition coefficient (Wildman–Crippen LogP) is 6.04. The van der Waals surface area contributed by atoms with Gasteiger partial charge in [0, 0.05) is 0 Å². The van der Waals surface area contributed by atoms with Crippen LogP contribution in [0.5, 0.6) is 5.75 Å². The normalized spacial score (nSPS) is 15.0. The zero-order valence-corrected chi connectivity index (χ0v) is 25.5. The number of benzene rings is 3. The Balaban J connectivity index is 1.54. The van der Waals surface area contributed by atoms with Crippen LogP contribution in [0.1, 0.15) is 36.6 Å². The molecule has 2 heterocycles. The number of fused-ring (bicyclic) bond motifs is 1. The van der Waals surface area contributed by atoms with E-state index in [1.54, 1.807) is 36.6 Å². The number of nitrogens with zero attached hydrogens (tertiary/aromatic N) is 2. The molecule has 1 aliphatic heterocycles. The van der Waals surface area contributed by atoms with E-state index in [9.17, 15) is 14.0 Å². The Morgan fingerprint density at radius 2 is 1.77 bits per heavy atom. The van der Waals surface area contributed by atoms with Crippen molar-refractivity contribution in [3.05, 3.63) is 129 Å². The first-order chi connectivity index (χ1) is 19.3. The molecular formula is C30H23Br2FN2O4S. The van der Waals surface area contributed by atoms with Gasteiger partial charge in [-0.3, -0.25) is 9.36 Å². The maximum absolute atomic E-state index is 13.8. The van der Waals surface area contributed by atoms with Crippen molar-refractivity contribution >= 4 is 55.2 Å². The fourth-order valence-corrected chi connectivity index (χ4v) is 6.93. The minimum absolute atomic E-state index is 0.217. The fourth-order valence-electron chi connectivity index (χ4n) is 4.43. The molecule has 1 atom stereocenters. The lowest BCUT2D eigenvalue weighted by molar-refractivity contribution is -0.139. The number of ether oxygens (including phenoxy) is 2. The summed E-state index contributed by atoms with van der Waals surface area (Å²) in [4.78, 5) is 31.9. The molecule has 5 rings (SSSR count). The molecule has 3 aromatic carbocycles. The molecule has 1 aliphatic rings. The molecule has 1 aromatic heterocycles. The van der Waals surface area contributed by atoms with Gasteiger partial charge in [0.25, 0.3) is 5.56 Å². The van der Waals surface area contributed by atoms with Crippen LogP contribution < -0.4 is 19.6 Å². The summed E-state index contributed by atoms with van der Waals surface area (Å²) in [5, 5.41) is 0. The fraction of sp³-hybridized carbons (Fsp3) is 0.167. The number of hydrogen-bond acceptors (Lipinski definition) is 6. The van der Waals surface area contributed by atoms with Crippen molar-refractivity contribution in [2.75, 3.05) is 6.61 Å². The van der Waals surface area contributed by atoms with Crippen molar-refractivity contribution in [1.29, 1.82) is 0 Å². The lowest BCUT2D eigenvalue weighted by Gasteiger charge is -2.24. The smallest absolute Gasteiger partial charge is 0.338 e. The lowest BCUT2D eigenvalue weighted by atomic mass is 9.96. The molecule has 0 spiro atoms. The average molecular weight is 686 g/mol. The maximum Gasteiger partial charge on any atom is 0.338 e. The summed E-state index contributed by atoms with van der Waals surface area (Å²) >= 11 is 8.39. The van der Waals surface area contributed by atoms with E-state index in [1.165, 1.54) is 23.5 Å². The minimum atomic E-state index is -0.653. The van der Waals surface area contributed by atoms with Gasteiger partial charge in [-0.1, -0.05) is 53.8 Å². The van der Waals surface area contributed by atoms with Gasteiger partial charge < -0.3 is 9.47 Å². The summed E-state index contributed by atoms with van der Waals surface area (Å²) < 4.78 is 27.9. The van der Waals surface area contributed by atoms with Gasteiger partial charge >= 0.3 is 5.97 Å². The molecule has 0 aliphatic carbocycles. The van der Waals surface area contributed by atoms with Crippen LogP contribution in [0.4, 0.5) is 4.39 Å². The van der Waals surface area contributed by atoms with E-state index in [4.69, 9.17) is 9.47 Å². The van der Waals surface area contributed by atoms with Gasteiger partial charge in [0.1, 0.15) is 18.2 Å². The zero-order valence-electron chi connectivity index (χ0n) is 21.5. The molecule has 0 bridgehead atoms. The average Bonchev–Trinajstić information content (AvgIpc) is 3.23. The molecule has 0 saturated carbocycles. The summed E-state index contributed by atoms with van der Waals surface area (Å²) in [5.74, 6) is -0.208. The summed E-state index contributed by atoms with van der Waals surface area (Å²) in [7, 11) is 0. The number of rotatable bonds is 7. The van der Waals surface area contributed by atoms with E-state index >= 15 is 0 Å². The molecule has 0 radical (unpaired) electrons. The molecule has 0 N–H and O–H groups in total. The van der Waals surface area contributed by atoms with Gasteiger partial charge in [0.05, 0.1) is 37.4 Å². The van der Waals surface area contributed by atoms with E-state index in [2.05, 4.69) is 36.9 Å². The first-order valence-electron chi connectivity index (χ1n) is 12.4. The van der Waals surface area contributed by atoms with Crippen LogP contribution in [0.2, 0.25) is 0 Å². The molecule has 0 saturated heterocycles. The van der Waals surface area contributed by atoms with Crippen LogP contribution in [0.25, 0.3) is 6.08 Å². The molecule has 204 valence electrons. The number of hydrogen-bond donors (Lipinski definition) is 0. The van der Waals surface area contributed by atoms with Crippen LogP contribution in [0.3, 0.4) is 0 Å². The highest BCUT2D eigenvalue weighted by Crippen LogP contribution is 2.36. The van der Waals surface area contributed by atoms with Gasteiger partial charge in [0.2, 0.25) is 0 Å². The van der Waals surface area contributed by atoms with Crippen molar-refractivity contribution in [2.24, 2.45) is 4.99 Å². The summed E-state index contributed by atoms with van der Waals surface area (Å²) in [6, 6.07) is 18.6. The van der Waals surface area contributed by atoms with Crippen LogP contribution in [0.15, 0.2) is 96.7 Å². The van der Waals surface area contributed by atoms with Gasteiger partial charge in [-0.05, 0) is 92.7 Å². The predicted molar refractivity (Wildman–Crippen MR) is 159 cm³/mol. The van der Waals surface area contributed by atoms with E-state index in [0.29, 0.717) is 35.3 Å². The number of allylic oxidation sites excluding steroid dienone is 1. The third kappa shape index (κ3) is 5.75. The van der Waals surface area contributed by atoms with E-state index in [0.717, 1.165) is 16.7 Å². The second-order valence-corrected chi connectivity index (χ2v) is 11.7. The Morgan fingerprint density at radius 3 is 2.42 bits per heavy atom. The highest BCUT2D eigenvalue weighted by molar-refractivity contribution is 9.11. The molecule has 10 heteroatoms. The van der Waals surface area contributed by atoms with Gasteiger partial charge in [0.15, 0.2) is 4.80 Å². The number of halogens is 3. The molecule has 6 nitrogen and oxygen atoms in total. The molecule has 0 unspecified atom stereocenters. The minimum Gasteiger partial charge on any atom is -0.487 e. The van der Waals surface area contributed by atoms with Crippen molar-refractivity contribution < 1.29 is 18.7 Å². The Hall–Kier alpha value is -3.34. The number of carbonyl (C=O) groups is 1. The van der Waals surface area contributed by atoms with Gasteiger partial charge in [-0.2, -0.15) is 0 Å². The van der Waals surface area contributed by atoms with Crippen LogP contribution in [0, 0.1) is 5.82 Å². The lowest BCUT2D eigenvalue weighted by Crippen LogP contribution is -2.39. The van der Waals surface area contributed by atoms with Crippen molar-refractivity contribution in [3.63, 3.8) is 0 Å². The van der Waals surface area contributed by atoms with Crippen molar-refractivity contribution in [3.8, 4) is 5.75 Å². The van der Waals surface area contributed by atoms with Crippen molar-refractivity contribution in [2.45, 2.75) is 26.5 Å². The van der Waals surface area contributed by atoms with E-state index < -0.39 is 12.0 Å². The maximum atomic E-state index is 13.8. The van der Waals surface area contributed by atoms with Crippen LogP contribution >= 0.6 is 43.2 Å². The Morgan fingerprint density at radius 1 is 1.10 bits per heavy atom. The number of carbonyl (C=O) groups excluding carboxylic acids is 1. The topological polar surface area (TPSA) is 69.9 Å². The Labute approximate surface area is 250 Å². The Kier molecular flexibility index (Phi) is 8.48. The van der Waals surface area contributed by atoms with E-state index in [1.807, 2.05) is 42.5 Å². The van der Waals surface area contributed by atoms with E-state index in [-0.39, 0.29) is 24.6 Å². The SMILES string of the molecule is CCOC(=O)C1=C(C)N=c2s/c(=C/c3cc(Br)c(OCc4ccc(F)cc4)c(Br)c3)c(=O)n2[C@H]1c1ccccc1. The summed E-state index contributed by atoms with van der Waals surface area (Å²) in [6.07, 6.45) is 1.79. The monoisotopic (exact) mass is 684 g/mol. The second-order valence-electron chi connectivity index (χ2n) is 8.94. The number of aromatic nitrogens is 1. The zero-order chi connectivity index (χ0) is 28.4. The van der Waals surface area contributed by atoms with Crippen molar-refractivity contribution in [1.82, 2.24) is 4.57 Å². The molecule has 40 heavy (non-hydrogen) atoms. The second kappa shape index (κ2) is 12.0.